The first-order valence-electron chi connectivity index (χ1n) is 7.23. The maximum Gasteiger partial charge on any atom is 0.261 e. The number of amides is 1. The molecule has 5 nitrogen and oxygen atoms in total. The van der Waals surface area contributed by atoms with Gasteiger partial charge in [0.1, 0.15) is 0 Å². The highest BCUT2D eigenvalue weighted by Crippen LogP contribution is 2.25. The largest absolute Gasteiger partial charge is 0.349 e. The Hall–Kier alpha value is -1.76. The summed E-state index contributed by atoms with van der Waals surface area (Å²) in [6.45, 7) is 0. The number of anilines is 1. The van der Waals surface area contributed by atoms with E-state index in [9.17, 15) is 13.2 Å². The van der Waals surface area contributed by atoms with Crippen LogP contribution in [0.15, 0.2) is 47.4 Å². The molecule has 126 valence electrons. The zero-order valence-corrected chi connectivity index (χ0v) is 14.8. The van der Waals surface area contributed by atoms with Crippen molar-refractivity contribution < 1.29 is 13.2 Å². The Bertz CT molecular complexity index is 876. The van der Waals surface area contributed by atoms with Gasteiger partial charge in [0.05, 0.1) is 4.90 Å². The van der Waals surface area contributed by atoms with E-state index in [1.165, 1.54) is 24.3 Å². The van der Waals surface area contributed by atoms with Crippen LogP contribution in [-0.4, -0.2) is 20.4 Å². The lowest BCUT2D eigenvalue weighted by molar-refractivity contribution is 0.0951. The van der Waals surface area contributed by atoms with Gasteiger partial charge < -0.3 is 5.32 Å². The molecule has 1 fully saturated rings. The number of hydrogen-bond donors (Lipinski definition) is 2. The van der Waals surface area contributed by atoms with Crippen molar-refractivity contribution in [1.29, 1.82) is 0 Å². The van der Waals surface area contributed by atoms with Crippen molar-refractivity contribution in [3.63, 3.8) is 0 Å². The maximum absolute atomic E-state index is 12.4. The van der Waals surface area contributed by atoms with Gasteiger partial charge in [-0.05, 0) is 49.2 Å². The van der Waals surface area contributed by atoms with Crippen LogP contribution >= 0.6 is 23.2 Å². The Morgan fingerprint density at radius 1 is 1.04 bits per heavy atom. The van der Waals surface area contributed by atoms with Crippen LogP contribution in [0.25, 0.3) is 0 Å². The molecule has 2 aromatic rings. The smallest absolute Gasteiger partial charge is 0.261 e. The first-order chi connectivity index (χ1) is 11.3. The summed E-state index contributed by atoms with van der Waals surface area (Å²) in [5.74, 6) is -0.218. The summed E-state index contributed by atoms with van der Waals surface area (Å²) >= 11 is 11.7. The van der Waals surface area contributed by atoms with E-state index in [0.29, 0.717) is 5.56 Å². The Balaban J connectivity index is 1.82. The number of benzene rings is 2. The van der Waals surface area contributed by atoms with Crippen molar-refractivity contribution in [1.82, 2.24) is 5.32 Å². The summed E-state index contributed by atoms with van der Waals surface area (Å²) in [4.78, 5) is 12.0. The van der Waals surface area contributed by atoms with Gasteiger partial charge >= 0.3 is 0 Å². The monoisotopic (exact) mass is 384 g/mol. The zero-order valence-electron chi connectivity index (χ0n) is 12.4. The van der Waals surface area contributed by atoms with Crippen LogP contribution in [-0.2, 0) is 10.0 Å². The number of rotatable bonds is 5. The molecule has 3 rings (SSSR count). The van der Waals surface area contributed by atoms with E-state index in [4.69, 9.17) is 23.2 Å². The Kier molecular flexibility index (Phi) is 4.71. The van der Waals surface area contributed by atoms with Crippen LogP contribution < -0.4 is 10.0 Å². The molecule has 0 spiro atoms. The standard InChI is InChI=1S/C16H14Cl2N2O3S/c17-11-7-12(18)9-15(8-11)24(22,23)20-14-3-1-2-10(6-14)16(21)19-13-4-5-13/h1-3,6-9,13,20H,4-5H2,(H,19,21). The molecular weight excluding hydrogens is 371 g/mol. The van der Waals surface area contributed by atoms with Crippen molar-refractivity contribution in [2.24, 2.45) is 0 Å². The summed E-state index contributed by atoms with van der Waals surface area (Å²) in [6.07, 6.45) is 1.96. The molecule has 0 aromatic heterocycles. The van der Waals surface area contributed by atoms with Gasteiger partial charge in [0, 0.05) is 27.3 Å². The Morgan fingerprint density at radius 3 is 2.33 bits per heavy atom. The molecule has 0 saturated heterocycles. The first-order valence-corrected chi connectivity index (χ1v) is 9.47. The highest BCUT2D eigenvalue weighted by molar-refractivity contribution is 7.92. The fourth-order valence-electron chi connectivity index (χ4n) is 2.12. The molecule has 8 heteroatoms. The van der Waals surface area contributed by atoms with Crippen LogP contribution in [0.4, 0.5) is 5.69 Å². The summed E-state index contributed by atoms with van der Waals surface area (Å²) in [6, 6.07) is 10.6. The summed E-state index contributed by atoms with van der Waals surface area (Å²) in [5.41, 5.74) is 0.681. The Morgan fingerprint density at radius 2 is 1.71 bits per heavy atom. The molecule has 1 amide bonds. The summed E-state index contributed by atoms with van der Waals surface area (Å²) in [5, 5.41) is 3.30. The van der Waals surface area contributed by atoms with E-state index >= 15 is 0 Å². The van der Waals surface area contributed by atoms with Crippen LogP contribution in [0.3, 0.4) is 0 Å². The molecular formula is C16H14Cl2N2O3S. The number of halogens is 2. The molecule has 0 radical (unpaired) electrons. The van der Waals surface area contributed by atoms with Crippen molar-refractivity contribution in [3.8, 4) is 0 Å². The van der Waals surface area contributed by atoms with Gasteiger partial charge in [0.25, 0.3) is 15.9 Å². The van der Waals surface area contributed by atoms with Crippen molar-refractivity contribution in [2.45, 2.75) is 23.8 Å². The van der Waals surface area contributed by atoms with Gasteiger partial charge in [-0.15, -0.1) is 0 Å². The fraction of sp³-hybridized carbons (Fsp3) is 0.188. The van der Waals surface area contributed by atoms with E-state index < -0.39 is 10.0 Å². The van der Waals surface area contributed by atoms with E-state index in [0.717, 1.165) is 12.8 Å². The molecule has 0 unspecified atom stereocenters. The van der Waals surface area contributed by atoms with Gasteiger partial charge in [-0.1, -0.05) is 29.3 Å². The van der Waals surface area contributed by atoms with E-state index in [2.05, 4.69) is 10.0 Å². The van der Waals surface area contributed by atoms with Gasteiger partial charge in [-0.2, -0.15) is 0 Å². The van der Waals surface area contributed by atoms with Crippen molar-refractivity contribution >= 4 is 44.8 Å². The lowest BCUT2D eigenvalue weighted by atomic mass is 10.2. The second-order valence-electron chi connectivity index (χ2n) is 5.54. The Labute approximate surface area is 150 Å². The van der Waals surface area contributed by atoms with Gasteiger partial charge in [-0.3, -0.25) is 9.52 Å². The van der Waals surface area contributed by atoms with Crippen LogP contribution in [0, 0.1) is 0 Å². The molecule has 0 bridgehead atoms. The molecule has 2 aromatic carbocycles. The van der Waals surface area contributed by atoms with E-state index in [1.807, 2.05) is 0 Å². The number of carbonyl (C=O) groups excluding carboxylic acids is 1. The van der Waals surface area contributed by atoms with Crippen LogP contribution in [0.1, 0.15) is 23.2 Å². The van der Waals surface area contributed by atoms with E-state index in [-0.39, 0.29) is 32.6 Å². The number of carbonyl (C=O) groups is 1. The predicted molar refractivity (Wildman–Crippen MR) is 94.2 cm³/mol. The third-order valence-electron chi connectivity index (χ3n) is 3.44. The zero-order chi connectivity index (χ0) is 17.3. The van der Waals surface area contributed by atoms with Crippen molar-refractivity contribution in [3.05, 3.63) is 58.1 Å². The molecule has 2 N–H and O–H groups in total. The lowest BCUT2D eigenvalue weighted by Crippen LogP contribution is -2.25. The number of sulfonamides is 1. The molecule has 1 aliphatic carbocycles. The molecule has 24 heavy (non-hydrogen) atoms. The average Bonchev–Trinajstić information content (AvgIpc) is 3.30. The highest BCUT2D eigenvalue weighted by Gasteiger charge is 2.24. The maximum atomic E-state index is 12.4. The SMILES string of the molecule is O=C(NC1CC1)c1cccc(NS(=O)(=O)c2cc(Cl)cc(Cl)c2)c1. The van der Waals surface area contributed by atoms with Crippen LogP contribution in [0.5, 0.6) is 0 Å². The van der Waals surface area contributed by atoms with Gasteiger partial charge in [0.15, 0.2) is 0 Å². The number of nitrogens with one attached hydrogen (secondary N) is 2. The van der Waals surface area contributed by atoms with Gasteiger partial charge in [-0.25, -0.2) is 8.42 Å². The molecule has 0 heterocycles. The molecule has 0 atom stereocenters. The second kappa shape index (κ2) is 6.63. The molecule has 1 saturated carbocycles. The third kappa shape index (κ3) is 4.20. The normalized spacial score (nSPS) is 14.2. The summed E-state index contributed by atoms with van der Waals surface area (Å²) < 4.78 is 27.3. The van der Waals surface area contributed by atoms with Crippen molar-refractivity contribution in [2.75, 3.05) is 4.72 Å². The quantitative estimate of drug-likeness (QED) is 0.825. The minimum atomic E-state index is -3.86. The first kappa shape index (κ1) is 17.1. The minimum Gasteiger partial charge on any atom is -0.349 e. The minimum absolute atomic E-state index is 0.0483. The van der Waals surface area contributed by atoms with E-state index in [1.54, 1.807) is 18.2 Å². The highest BCUT2D eigenvalue weighted by atomic mass is 35.5. The molecule has 0 aliphatic heterocycles. The fourth-order valence-corrected chi connectivity index (χ4v) is 3.89. The van der Waals surface area contributed by atoms with Crippen LogP contribution in [0.2, 0.25) is 10.0 Å². The van der Waals surface area contributed by atoms with Gasteiger partial charge in [0.2, 0.25) is 0 Å². The average molecular weight is 385 g/mol. The lowest BCUT2D eigenvalue weighted by Gasteiger charge is -2.10. The third-order valence-corrected chi connectivity index (χ3v) is 5.23. The predicted octanol–water partition coefficient (Wildman–Crippen LogP) is 3.69. The summed E-state index contributed by atoms with van der Waals surface area (Å²) in [7, 11) is -3.86. The number of hydrogen-bond acceptors (Lipinski definition) is 3. The topological polar surface area (TPSA) is 75.3 Å². The second-order valence-corrected chi connectivity index (χ2v) is 8.09. The molecule has 1 aliphatic rings.